The number of nitrogens with zero attached hydrogens (tertiary/aromatic N) is 4. The third-order valence-electron chi connectivity index (χ3n) is 4.53. The number of ketones is 4. The van der Waals surface area contributed by atoms with Crippen LogP contribution in [0.15, 0.2) is 0 Å². The van der Waals surface area contributed by atoms with Gasteiger partial charge in [0.15, 0.2) is 0 Å². The summed E-state index contributed by atoms with van der Waals surface area (Å²) in [5.41, 5.74) is 0. The monoisotopic (exact) mass is 484 g/mol. The largest absolute Gasteiger partial charge is 0.448 e. The molecule has 1 fully saturated rings. The van der Waals surface area contributed by atoms with E-state index in [0.29, 0.717) is 72.0 Å². The number of Topliss-reactive ketones (excluding diaryl/α,β-unsaturated/α-hetero) is 4. The number of carbonyl (C=O) groups excluding carboxylic acids is 4. The van der Waals surface area contributed by atoms with Crippen LogP contribution in [0.1, 0.15) is 27.7 Å². The summed E-state index contributed by atoms with van der Waals surface area (Å²) >= 11 is 0. The third kappa shape index (κ3) is 14.3. The molecule has 0 aromatic heterocycles. The molecule has 0 aromatic carbocycles. The summed E-state index contributed by atoms with van der Waals surface area (Å²) in [5, 5.41) is 0. The smallest absolute Gasteiger partial charge is 0.143 e. The van der Waals surface area contributed by atoms with Crippen molar-refractivity contribution in [1.82, 2.24) is 19.6 Å². The zero-order valence-corrected chi connectivity index (χ0v) is 21.2. The first-order valence-corrected chi connectivity index (χ1v) is 9.88. The molecule has 1 heterocycles. The van der Waals surface area contributed by atoms with Gasteiger partial charge in [-0.05, 0) is 34.2 Å². The first kappa shape index (κ1) is 28.6. The fourth-order valence-corrected chi connectivity index (χ4v) is 3.31. The molecule has 0 aliphatic carbocycles. The van der Waals surface area contributed by atoms with E-state index in [1.165, 1.54) is 0 Å². The van der Waals surface area contributed by atoms with Crippen LogP contribution in [-0.2, 0) is 51.9 Å². The van der Waals surface area contributed by atoms with Crippen molar-refractivity contribution < 1.29 is 51.9 Å². The Labute approximate surface area is 200 Å². The van der Waals surface area contributed by atoms with E-state index in [9.17, 15) is 19.2 Å². The predicted octanol–water partition coefficient (Wildman–Crippen LogP) is -0.277. The van der Waals surface area contributed by atoms with Crippen LogP contribution in [0.2, 0.25) is 0 Å². The summed E-state index contributed by atoms with van der Waals surface area (Å²) in [5.74, 6) is 0.360. The fourth-order valence-electron chi connectivity index (χ4n) is 3.31. The molecule has 163 valence electrons. The van der Waals surface area contributed by atoms with Crippen LogP contribution in [0.4, 0.5) is 0 Å². The summed E-state index contributed by atoms with van der Waals surface area (Å²) in [6, 6.07) is 0. The fraction of sp³-hybridized carbons (Fsp3) is 0.750. The molecule has 0 bridgehead atoms. The van der Waals surface area contributed by atoms with Crippen molar-refractivity contribution in [2.45, 2.75) is 27.7 Å². The van der Waals surface area contributed by atoms with Crippen LogP contribution >= 0.6 is 0 Å². The Bertz CT molecular complexity index is 447. The van der Waals surface area contributed by atoms with Gasteiger partial charge < -0.3 is 9.80 Å². The first-order chi connectivity index (χ1) is 13.2. The molecule has 0 atom stereocenters. The summed E-state index contributed by atoms with van der Waals surface area (Å²) in [6.07, 6.45) is 0. The maximum atomic E-state index is 11.6. The second kappa shape index (κ2) is 15.4. The molecular weight excluding hydrogens is 449 g/mol. The molecule has 8 nitrogen and oxygen atoms in total. The maximum Gasteiger partial charge on any atom is 0.143 e. The minimum atomic E-state index is 0. The van der Waals surface area contributed by atoms with Crippen molar-refractivity contribution in [2.75, 3.05) is 72.0 Å². The average molecular weight is 484 g/mol. The van der Waals surface area contributed by atoms with Gasteiger partial charge >= 0.3 is 0 Å². The topological polar surface area (TPSA) is 81.2 Å². The van der Waals surface area contributed by atoms with Gasteiger partial charge in [0, 0.05) is 72.0 Å². The van der Waals surface area contributed by atoms with Gasteiger partial charge in [0.05, 0.1) is 19.6 Å². The zero-order valence-electron chi connectivity index (χ0n) is 18.4. The van der Waals surface area contributed by atoms with Crippen molar-refractivity contribution >= 4 is 23.1 Å². The summed E-state index contributed by atoms with van der Waals surface area (Å²) in [7, 11) is 0. The average Bonchev–Trinajstić information content (AvgIpc) is 2.55. The molecule has 0 aromatic rings. The van der Waals surface area contributed by atoms with Crippen molar-refractivity contribution in [2.24, 2.45) is 0 Å². The molecule has 0 spiro atoms. The molecule has 1 rings (SSSR count). The van der Waals surface area contributed by atoms with Crippen LogP contribution in [0.3, 0.4) is 0 Å². The van der Waals surface area contributed by atoms with Crippen LogP contribution in [0.25, 0.3) is 0 Å². The van der Waals surface area contributed by atoms with Crippen molar-refractivity contribution in [1.29, 1.82) is 0 Å². The molecule has 1 radical (unpaired) electrons. The minimum absolute atomic E-state index is 0. The van der Waals surface area contributed by atoms with Gasteiger partial charge in [0.25, 0.3) is 0 Å². The van der Waals surface area contributed by atoms with E-state index in [2.05, 4.69) is 9.80 Å². The molecular formula is C20H35N4O4Y-. The normalized spacial score (nSPS) is 18.9. The van der Waals surface area contributed by atoms with Crippen LogP contribution in [0.5, 0.6) is 0 Å². The molecule has 0 N–H and O–H groups in total. The summed E-state index contributed by atoms with van der Waals surface area (Å²) in [4.78, 5) is 54.7. The zero-order chi connectivity index (χ0) is 21.1. The Kier molecular flexibility index (Phi) is 15.2. The standard InChI is InChI=1S/C20H35N4O4.Y/c1-17(25)13-21-5-7-22(14-18(2)26)9-11-24(16-20(4)28)12-10-23(8-6-21)15-19(3)27;/h5H,6-16H2,1-4H3;/q-1;. The molecule has 1 aliphatic heterocycles. The van der Waals surface area contributed by atoms with E-state index in [0.717, 1.165) is 0 Å². The maximum absolute atomic E-state index is 11.6. The van der Waals surface area contributed by atoms with Crippen molar-refractivity contribution in [3.05, 3.63) is 6.54 Å². The molecule has 1 aliphatic rings. The van der Waals surface area contributed by atoms with Gasteiger partial charge in [-0.2, -0.15) is 0 Å². The minimum Gasteiger partial charge on any atom is -0.448 e. The quantitative estimate of drug-likeness (QED) is 0.436. The number of carbonyl (C=O) groups is 4. The van der Waals surface area contributed by atoms with Crippen LogP contribution < -0.4 is 0 Å². The Morgan fingerprint density at radius 3 is 1.34 bits per heavy atom. The first-order valence-electron chi connectivity index (χ1n) is 9.88. The number of rotatable bonds is 8. The Morgan fingerprint density at radius 1 is 0.586 bits per heavy atom. The number of hydrogen-bond donors (Lipinski definition) is 0. The predicted molar refractivity (Wildman–Crippen MR) is 108 cm³/mol. The Hall–Kier alpha value is -0.376. The van der Waals surface area contributed by atoms with E-state index in [-0.39, 0.29) is 55.8 Å². The summed E-state index contributed by atoms with van der Waals surface area (Å²) in [6.45, 7) is 14.1. The second-order valence-electron chi connectivity index (χ2n) is 7.75. The van der Waals surface area contributed by atoms with Crippen molar-refractivity contribution in [3.63, 3.8) is 0 Å². The van der Waals surface area contributed by atoms with Gasteiger partial charge in [-0.1, -0.05) is 0 Å². The van der Waals surface area contributed by atoms with Gasteiger partial charge in [0.1, 0.15) is 23.1 Å². The van der Waals surface area contributed by atoms with Crippen molar-refractivity contribution in [3.8, 4) is 0 Å². The molecule has 9 heteroatoms. The number of hydrogen-bond acceptors (Lipinski definition) is 8. The van der Waals surface area contributed by atoms with E-state index in [1.54, 1.807) is 27.7 Å². The Morgan fingerprint density at radius 2 is 0.931 bits per heavy atom. The molecule has 1 saturated heterocycles. The van der Waals surface area contributed by atoms with Crippen LogP contribution in [-0.4, -0.2) is 115 Å². The molecule has 29 heavy (non-hydrogen) atoms. The van der Waals surface area contributed by atoms with Crippen LogP contribution in [0, 0.1) is 6.54 Å². The Balaban J connectivity index is 0.00000784. The molecule has 0 unspecified atom stereocenters. The summed E-state index contributed by atoms with van der Waals surface area (Å²) < 4.78 is 0. The molecule has 0 saturated carbocycles. The van der Waals surface area contributed by atoms with Gasteiger partial charge in [-0.15, -0.1) is 6.54 Å². The van der Waals surface area contributed by atoms with Gasteiger partial charge in [-0.25, -0.2) is 0 Å². The van der Waals surface area contributed by atoms with Gasteiger partial charge in [0.2, 0.25) is 0 Å². The van der Waals surface area contributed by atoms with E-state index in [1.807, 2.05) is 16.3 Å². The molecule has 0 amide bonds. The van der Waals surface area contributed by atoms with E-state index in [4.69, 9.17) is 0 Å². The van der Waals surface area contributed by atoms with E-state index < -0.39 is 0 Å². The SMILES string of the molecule is CC(=O)CN1[CH-]CN(CC(C)=O)CCN(CC(C)=O)CCN(CC(C)=O)CC1.[Y]. The third-order valence-corrected chi connectivity index (χ3v) is 4.53. The second-order valence-corrected chi connectivity index (χ2v) is 7.75. The van der Waals surface area contributed by atoms with E-state index >= 15 is 0 Å². The van der Waals surface area contributed by atoms with Gasteiger partial charge in [-0.3, -0.25) is 35.5 Å².